The number of anilines is 1. The van der Waals surface area contributed by atoms with Gasteiger partial charge in [0.15, 0.2) is 17.5 Å². The molecule has 1 amide bonds. The molecule has 1 aliphatic carbocycles. The zero-order valence-corrected chi connectivity index (χ0v) is 17.3. The predicted octanol–water partition coefficient (Wildman–Crippen LogP) is 3.92. The van der Waals surface area contributed by atoms with Crippen molar-refractivity contribution in [2.75, 3.05) is 5.32 Å². The van der Waals surface area contributed by atoms with Crippen LogP contribution in [-0.4, -0.2) is 42.9 Å². The molecule has 8 nitrogen and oxygen atoms in total. The van der Waals surface area contributed by atoms with E-state index in [0.29, 0.717) is 17.7 Å². The van der Waals surface area contributed by atoms with Gasteiger partial charge in [-0.15, -0.1) is 0 Å². The van der Waals surface area contributed by atoms with Crippen LogP contribution in [0.3, 0.4) is 0 Å². The van der Waals surface area contributed by atoms with Crippen molar-refractivity contribution in [1.29, 1.82) is 0 Å². The quantitative estimate of drug-likeness (QED) is 0.365. The highest BCUT2D eigenvalue weighted by molar-refractivity contribution is 5.94. The molecule has 0 unspecified atom stereocenters. The van der Waals surface area contributed by atoms with Crippen molar-refractivity contribution in [2.45, 2.75) is 37.8 Å². The molecule has 1 fully saturated rings. The number of rotatable bonds is 5. The van der Waals surface area contributed by atoms with E-state index in [2.05, 4.69) is 35.6 Å². The van der Waals surface area contributed by atoms with Crippen LogP contribution in [0.5, 0.6) is 0 Å². The second-order valence-corrected chi connectivity index (χ2v) is 8.05. The summed E-state index contributed by atoms with van der Waals surface area (Å²) in [6.45, 7) is 0. The van der Waals surface area contributed by atoms with Crippen LogP contribution < -0.4 is 10.6 Å². The average molecular weight is 455 g/mol. The normalized spacial score (nSPS) is 18.4. The van der Waals surface area contributed by atoms with Crippen molar-refractivity contribution in [1.82, 2.24) is 30.2 Å². The van der Waals surface area contributed by atoms with Gasteiger partial charge in [0.2, 0.25) is 0 Å². The molecule has 0 bridgehead atoms. The first-order valence-corrected chi connectivity index (χ1v) is 10.5. The molecule has 1 aromatic carbocycles. The van der Waals surface area contributed by atoms with E-state index in [-0.39, 0.29) is 40.5 Å². The predicted molar refractivity (Wildman–Crippen MR) is 115 cm³/mol. The Balaban J connectivity index is 1.34. The standard InChI is InChI=1S/C22H20F3N7O/c23-11-4-14-15(7-27-19(14)16(24)5-11)20-28-8-17(25)21(32-20)30-12-2-1-3-13(6-12)31-22(33)18-9-26-10-29-18/h4-5,7-10,12-13,27H,1-3,6H2,(H,26,29)(H,31,33)(H,28,30,32)/t12-,13+/m0/s1. The maximum Gasteiger partial charge on any atom is 0.269 e. The Morgan fingerprint density at radius 2 is 1.91 bits per heavy atom. The Kier molecular flexibility index (Phi) is 5.45. The highest BCUT2D eigenvalue weighted by Crippen LogP contribution is 2.30. The number of halogens is 3. The van der Waals surface area contributed by atoms with E-state index in [1.165, 1.54) is 24.8 Å². The lowest BCUT2D eigenvalue weighted by Crippen LogP contribution is -2.42. The second-order valence-electron chi connectivity index (χ2n) is 8.05. The van der Waals surface area contributed by atoms with Gasteiger partial charge in [-0.25, -0.2) is 28.1 Å². The maximum absolute atomic E-state index is 14.5. The van der Waals surface area contributed by atoms with E-state index in [1.807, 2.05) is 0 Å². The van der Waals surface area contributed by atoms with E-state index in [1.54, 1.807) is 0 Å². The molecule has 3 aromatic heterocycles. The summed E-state index contributed by atoms with van der Waals surface area (Å²) in [5.41, 5.74) is 0.861. The summed E-state index contributed by atoms with van der Waals surface area (Å²) in [7, 11) is 0. The minimum Gasteiger partial charge on any atom is -0.365 e. The van der Waals surface area contributed by atoms with Crippen molar-refractivity contribution < 1.29 is 18.0 Å². The zero-order chi connectivity index (χ0) is 22.9. The van der Waals surface area contributed by atoms with Gasteiger partial charge in [0.1, 0.15) is 17.3 Å². The third kappa shape index (κ3) is 4.26. The van der Waals surface area contributed by atoms with E-state index >= 15 is 0 Å². The summed E-state index contributed by atoms with van der Waals surface area (Å²) < 4.78 is 42.3. The largest absolute Gasteiger partial charge is 0.365 e. The van der Waals surface area contributed by atoms with E-state index in [0.717, 1.165) is 31.5 Å². The van der Waals surface area contributed by atoms with Crippen LogP contribution in [-0.2, 0) is 0 Å². The van der Waals surface area contributed by atoms with Crippen LogP contribution in [0.4, 0.5) is 19.0 Å². The molecular weight excluding hydrogens is 435 g/mol. The Labute approximate surface area is 186 Å². The van der Waals surface area contributed by atoms with E-state index < -0.39 is 17.5 Å². The van der Waals surface area contributed by atoms with E-state index in [4.69, 9.17) is 0 Å². The van der Waals surface area contributed by atoms with Gasteiger partial charge in [-0.1, -0.05) is 0 Å². The molecule has 4 N–H and O–H groups in total. The Hall–Kier alpha value is -3.89. The van der Waals surface area contributed by atoms with Gasteiger partial charge >= 0.3 is 0 Å². The van der Waals surface area contributed by atoms with Gasteiger partial charge in [-0.2, -0.15) is 0 Å². The number of hydrogen-bond donors (Lipinski definition) is 4. The van der Waals surface area contributed by atoms with Crippen molar-refractivity contribution in [3.05, 3.63) is 60.2 Å². The monoisotopic (exact) mass is 455 g/mol. The van der Waals surface area contributed by atoms with Gasteiger partial charge in [0, 0.05) is 35.3 Å². The lowest BCUT2D eigenvalue weighted by atomic mass is 9.91. The van der Waals surface area contributed by atoms with Gasteiger partial charge in [-0.05, 0) is 31.7 Å². The number of imidazole rings is 1. The molecule has 0 aliphatic heterocycles. The SMILES string of the molecule is O=C(N[C@@H]1CCC[C@H](Nc2nc(-c3c[nH]c4c(F)cc(F)cc34)ncc2F)C1)c1cnc[nH]1. The van der Waals surface area contributed by atoms with Crippen LogP contribution >= 0.6 is 0 Å². The van der Waals surface area contributed by atoms with Crippen LogP contribution in [0.2, 0.25) is 0 Å². The number of nitrogens with zero attached hydrogens (tertiary/aromatic N) is 3. The molecule has 4 aromatic rings. The lowest BCUT2D eigenvalue weighted by Gasteiger charge is -2.30. The molecule has 0 saturated heterocycles. The fraction of sp³-hybridized carbons (Fsp3) is 0.273. The summed E-state index contributed by atoms with van der Waals surface area (Å²) in [5.74, 6) is -2.22. The minimum atomic E-state index is -0.734. The number of aromatic amines is 2. The number of carbonyl (C=O) groups excluding carboxylic acids is 1. The minimum absolute atomic E-state index is 0.00299. The first-order chi connectivity index (χ1) is 16.0. The number of nitrogens with one attached hydrogen (secondary N) is 4. The number of benzene rings is 1. The molecule has 11 heteroatoms. The molecule has 5 rings (SSSR count). The smallest absolute Gasteiger partial charge is 0.269 e. The number of amides is 1. The van der Waals surface area contributed by atoms with Crippen molar-refractivity contribution in [3.63, 3.8) is 0 Å². The first kappa shape index (κ1) is 21.0. The van der Waals surface area contributed by atoms with Crippen LogP contribution in [0.1, 0.15) is 36.2 Å². The molecule has 0 radical (unpaired) electrons. The molecular formula is C22H20F3N7O. The molecule has 1 saturated carbocycles. The number of carbonyl (C=O) groups is 1. The maximum atomic E-state index is 14.5. The number of H-pyrrole nitrogens is 2. The van der Waals surface area contributed by atoms with Crippen molar-refractivity contribution >= 4 is 22.6 Å². The number of aromatic nitrogens is 5. The van der Waals surface area contributed by atoms with Crippen LogP contribution in [0.25, 0.3) is 22.3 Å². The molecule has 3 heterocycles. The third-order valence-corrected chi connectivity index (χ3v) is 5.78. The first-order valence-electron chi connectivity index (χ1n) is 10.5. The molecule has 2 atom stereocenters. The lowest BCUT2D eigenvalue weighted by molar-refractivity contribution is 0.0922. The van der Waals surface area contributed by atoms with Crippen LogP contribution in [0.15, 0.2) is 37.1 Å². The molecule has 170 valence electrons. The van der Waals surface area contributed by atoms with Gasteiger partial charge in [0.25, 0.3) is 5.91 Å². The highest BCUT2D eigenvalue weighted by Gasteiger charge is 2.25. The summed E-state index contributed by atoms with van der Waals surface area (Å²) in [5, 5.41) is 6.34. The number of hydrogen-bond acceptors (Lipinski definition) is 5. The highest BCUT2D eigenvalue weighted by atomic mass is 19.1. The summed E-state index contributed by atoms with van der Waals surface area (Å²) in [6.07, 6.45) is 8.39. The summed E-state index contributed by atoms with van der Waals surface area (Å²) in [4.78, 5) is 29.9. The third-order valence-electron chi connectivity index (χ3n) is 5.78. The van der Waals surface area contributed by atoms with Crippen molar-refractivity contribution in [2.24, 2.45) is 0 Å². The van der Waals surface area contributed by atoms with Crippen LogP contribution in [0, 0.1) is 17.5 Å². The van der Waals surface area contributed by atoms with Crippen molar-refractivity contribution in [3.8, 4) is 11.4 Å². The average Bonchev–Trinajstić information content (AvgIpc) is 3.46. The Morgan fingerprint density at radius 3 is 2.73 bits per heavy atom. The molecule has 33 heavy (non-hydrogen) atoms. The molecule has 0 spiro atoms. The zero-order valence-electron chi connectivity index (χ0n) is 17.3. The van der Waals surface area contributed by atoms with E-state index in [9.17, 15) is 18.0 Å². The second kappa shape index (κ2) is 8.57. The Morgan fingerprint density at radius 1 is 1.06 bits per heavy atom. The fourth-order valence-corrected chi connectivity index (χ4v) is 4.23. The number of fused-ring (bicyclic) bond motifs is 1. The van der Waals surface area contributed by atoms with Gasteiger partial charge in [-0.3, -0.25) is 4.79 Å². The van der Waals surface area contributed by atoms with Gasteiger partial charge in [0.05, 0.1) is 24.2 Å². The summed E-state index contributed by atoms with van der Waals surface area (Å²) >= 11 is 0. The molecule has 1 aliphatic rings. The summed E-state index contributed by atoms with van der Waals surface area (Å²) in [6, 6.07) is 1.75. The Bertz CT molecular complexity index is 1310. The fourth-order valence-electron chi connectivity index (χ4n) is 4.23. The topological polar surface area (TPSA) is 111 Å². The van der Waals surface area contributed by atoms with Gasteiger partial charge < -0.3 is 20.6 Å².